The summed E-state index contributed by atoms with van der Waals surface area (Å²) in [6.07, 6.45) is 2.75. The number of aliphatic hydroxyl groups excluding tert-OH is 1. The van der Waals surface area contributed by atoms with Crippen molar-refractivity contribution in [2.75, 3.05) is 10.6 Å². The van der Waals surface area contributed by atoms with Crippen LogP contribution in [0.2, 0.25) is 0 Å². The molecule has 0 spiro atoms. The van der Waals surface area contributed by atoms with Gasteiger partial charge in [-0.1, -0.05) is 0 Å². The second kappa shape index (κ2) is 4.55. The molecule has 0 radical (unpaired) electrons. The highest BCUT2D eigenvalue weighted by atomic mass is 16.6. The Labute approximate surface area is 115 Å². The van der Waals surface area contributed by atoms with Crippen molar-refractivity contribution in [2.24, 2.45) is 0 Å². The van der Waals surface area contributed by atoms with Gasteiger partial charge in [-0.15, -0.1) is 0 Å². The molecule has 20 heavy (non-hydrogen) atoms. The number of nitro groups is 1. The number of anilines is 2. The number of aromatic nitrogens is 2. The molecular weight excluding hydrogens is 262 g/mol. The maximum absolute atomic E-state index is 11.3. The van der Waals surface area contributed by atoms with E-state index in [2.05, 4.69) is 9.97 Å². The van der Waals surface area contributed by atoms with E-state index in [0.717, 1.165) is 12.8 Å². The highest BCUT2D eigenvalue weighted by Gasteiger charge is 2.44. The van der Waals surface area contributed by atoms with Crippen LogP contribution < -0.4 is 10.6 Å². The minimum Gasteiger partial charge on any atom is -0.393 e. The summed E-state index contributed by atoms with van der Waals surface area (Å²) in [5, 5.41) is 21.1. The zero-order valence-electron chi connectivity index (χ0n) is 11.2. The number of rotatable bonds is 2. The monoisotopic (exact) mass is 279 g/mol. The van der Waals surface area contributed by atoms with Crippen LogP contribution in [0.4, 0.5) is 17.5 Å². The van der Waals surface area contributed by atoms with E-state index >= 15 is 0 Å². The molecule has 0 aliphatic carbocycles. The lowest BCUT2D eigenvalue weighted by Gasteiger charge is -2.37. The third-order valence-electron chi connectivity index (χ3n) is 4.19. The zero-order chi connectivity index (χ0) is 14.4. The smallest absolute Gasteiger partial charge is 0.332 e. The summed E-state index contributed by atoms with van der Waals surface area (Å²) in [5.41, 5.74) is 5.86. The SMILES string of the molecule is Cc1nc(N)nc(N2C3CCC2CC(O)C3)c1[N+](=O)[O-]. The van der Waals surface area contributed by atoms with Crippen molar-refractivity contribution in [3.63, 3.8) is 0 Å². The Hall–Kier alpha value is -1.96. The van der Waals surface area contributed by atoms with Gasteiger partial charge in [-0.2, -0.15) is 4.98 Å². The summed E-state index contributed by atoms with van der Waals surface area (Å²) >= 11 is 0. The van der Waals surface area contributed by atoms with Gasteiger partial charge in [0.25, 0.3) is 0 Å². The molecular formula is C12H17N5O3. The topological polar surface area (TPSA) is 118 Å². The molecule has 2 atom stereocenters. The molecule has 8 nitrogen and oxygen atoms in total. The van der Waals surface area contributed by atoms with Gasteiger partial charge < -0.3 is 15.7 Å². The highest BCUT2D eigenvalue weighted by Crippen LogP contribution is 2.42. The third kappa shape index (κ3) is 1.96. The van der Waals surface area contributed by atoms with Crippen molar-refractivity contribution in [3.8, 4) is 0 Å². The van der Waals surface area contributed by atoms with Crippen molar-refractivity contribution in [1.29, 1.82) is 0 Å². The van der Waals surface area contributed by atoms with Crippen LogP contribution in [-0.2, 0) is 0 Å². The first-order valence-electron chi connectivity index (χ1n) is 6.72. The maximum Gasteiger partial charge on any atom is 0.332 e. The summed E-state index contributed by atoms with van der Waals surface area (Å²) in [6, 6.07) is 0.187. The van der Waals surface area contributed by atoms with E-state index in [9.17, 15) is 15.2 Å². The van der Waals surface area contributed by atoms with Gasteiger partial charge in [-0.05, 0) is 32.6 Å². The van der Waals surface area contributed by atoms with E-state index in [1.54, 1.807) is 6.92 Å². The fourth-order valence-corrected chi connectivity index (χ4v) is 3.46. The van der Waals surface area contributed by atoms with Crippen LogP contribution in [0.5, 0.6) is 0 Å². The minimum atomic E-state index is -0.450. The zero-order valence-corrected chi connectivity index (χ0v) is 11.2. The number of hydrogen-bond acceptors (Lipinski definition) is 7. The first-order chi connectivity index (χ1) is 9.47. The lowest BCUT2D eigenvalue weighted by molar-refractivity contribution is -0.385. The van der Waals surface area contributed by atoms with Crippen LogP contribution >= 0.6 is 0 Å². The van der Waals surface area contributed by atoms with Gasteiger partial charge in [0.05, 0.1) is 11.0 Å². The largest absolute Gasteiger partial charge is 0.393 e. The van der Waals surface area contributed by atoms with Crippen molar-refractivity contribution < 1.29 is 10.0 Å². The van der Waals surface area contributed by atoms with E-state index in [1.165, 1.54) is 0 Å². The number of nitrogens with two attached hydrogens (primary N) is 1. The first-order valence-corrected chi connectivity index (χ1v) is 6.72. The molecule has 3 heterocycles. The molecule has 3 rings (SSSR count). The molecule has 2 unspecified atom stereocenters. The summed E-state index contributed by atoms with van der Waals surface area (Å²) in [6.45, 7) is 1.57. The van der Waals surface area contributed by atoms with Crippen molar-refractivity contribution in [2.45, 2.75) is 50.8 Å². The van der Waals surface area contributed by atoms with Gasteiger partial charge in [-0.25, -0.2) is 4.98 Å². The number of nitrogen functional groups attached to an aromatic ring is 1. The second-order valence-electron chi connectivity index (χ2n) is 5.51. The average Bonchev–Trinajstić information content (AvgIpc) is 2.60. The Morgan fingerprint density at radius 3 is 2.50 bits per heavy atom. The van der Waals surface area contributed by atoms with Crippen LogP contribution in [0.1, 0.15) is 31.4 Å². The van der Waals surface area contributed by atoms with Gasteiger partial charge in [0.2, 0.25) is 11.8 Å². The third-order valence-corrected chi connectivity index (χ3v) is 4.19. The Bertz CT molecular complexity index is 550. The molecule has 3 N–H and O–H groups in total. The summed E-state index contributed by atoms with van der Waals surface area (Å²) in [5.74, 6) is 0.355. The fourth-order valence-electron chi connectivity index (χ4n) is 3.46. The van der Waals surface area contributed by atoms with Gasteiger partial charge in [-0.3, -0.25) is 10.1 Å². The average molecular weight is 279 g/mol. The van der Waals surface area contributed by atoms with E-state index in [4.69, 9.17) is 5.73 Å². The second-order valence-corrected chi connectivity index (χ2v) is 5.51. The molecule has 0 amide bonds. The van der Waals surface area contributed by atoms with Gasteiger partial charge in [0.1, 0.15) is 5.69 Å². The number of hydrogen-bond donors (Lipinski definition) is 2. The van der Waals surface area contributed by atoms with Gasteiger partial charge in [0.15, 0.2) is 0 Å². The number of piperidine rings is 1. The molecule has 2 aliphatic rings. The molecule has 2 fully saturated rings. The Morgan fingerprint density at radius 1 is 1.35 bits per heavy atom. The molecule has 2 aliphatic heterocycles. The number of fused-ring (bicyclic) bond motifs is 2. The van der Waals surface area contributed by atoms with E-state index < -0.39 is 4.92 Å². The number of aliphatic hydroxyl groups is 1. The maximum atomic E-state index is 11.3. The Morgan fingerprint density at radius 2 is 1.95 bits per heavy atom. The predicted octanol–water partition coefficient (Wildman–Crippen LogP) is 0.768. The van der Waals surface area contributed by atoms with Crippen LogP contribution in [0, 0.1) is 17.0 Å². The van der Waals surface area contributed by atoms with Crippen molar-refractivity contribution in [3.05, 3.63) is 15.8 Å². The standard InChI is InChI=1S/C12H17N5O3/c1-6-10(17(19)20)11(15-12(13)14-6)16-7-2-3-8(16)5-9(18)4-7/h7-9,18H,2-5H2,1H3,(H2,13,14,15). The van der Waals surface area contributed by atoms with Gasteiger partial charge in [0, 0.05) is 12.1 Å². The van der Waals surface area contributed by atoms with E-state index in [0.29, 0.717) is 18.7 Å². The molecule has 1 aromatic heterocycles. The lowest BCUT2D eigenvalue weighted by atomic mass is 9.99. The molecule has 2 saturated heterocycles. The summed E-state index contributed by atoms with van der Waals surface area (Å²) < 4.78 is 0. The van der Waals surface area contributed by atoms with E-state index in [-0.39, 0.29) is 35.5 Å². The van der Waals surface area contributed by atoms with Gasteiger partial charge >= 0.3 is 5.69 Å². The fraction of sp³-hybridized carbons (Fsp3) is 0.667. The summed E-state index contributed by atoms with van der Waals surface area (Å²) in [4.78, 5) is 20.8. The summed E-state index contributed by atoms with van der Waals surface area (Å²) in [7, 11) is 0. The normalized spacial score (nSPS) is 28.7. The molecule has 0 aromatic carbocycles. The van der Waals surface area contributed by atoms with Crippen LogP contribution in [0.3, 0.4) is 0 Å². The van der Waals surface area contributed by atoms with Crippen molar-refractivity contribution >= 4 is 17.5 Å². The lowest BCUT2D eigenvalue weighted by Crippen LogP contribution is -2.45. The predicted molar refractivity (Wildman–Crippen MR) is 72.4 cm³/mol. The quantitative estimate of drug-likeness (QED) is 0.606. The molecule has 0 saturated carbocycles. The molecule has 1 aromatic rings. The number of aryl methyl sites for hydroxylation is 1. The first kappa shape index (κ1) is 13.0. The molecule has 108 valence electrons. The minimum absolute atomic E-state index is 0.0496. The molecule has 2 bridgehead atoms. The molecule has 8 heteroatoms. The Kier molecular flexibility index (Phi) is 2.97. The van der Waals surface area contributed by atoms with Crippen LogP contribution in [-0.4, -0.2) is 38.2 Å². The van der Waals surface area contributed by atoms with Crippen molar-refractivity contribution in [1.82, 2.24) is 9.97 Å². The Balaban J connectivity index is 2.08. The highest BCUT2D eigenvalue weighted by molar-refractivity contribution is 5.64. The van der Waals surface area contributed by atoms with E-state index in [1.807, 2.05) is 4.90 Å². The van der Waals surface area contributed by atoms with Crippen LogP contribution in [0.15, 0.2) is 0 Å². The van der Waals surface area contributed by atoms with Crippen LogP contribution in [0.25, 0.3) is 0 Å². The number of nitrogens with zero attached hydrogens (tertiary/aromatic N) is 4.